The Morgan fingerprint density at radius 2 is 1.40 bits per heavy atom. The third kappa shape index (κ3) is 2.99. The molecular formula is C25H19FN2O2. The van der Waals surface area contributed by atoms with Crippen LogP contribution in [0.3, 0.4) is 0 Å². The molecule has 0 aliphatic carbocycles. The SMILES string of the molecule is O=C1C(c2ccc(F)cc2)=C(N2CCc3ccccc3C2)C(=O)N1c1ccccc1. The first-order valence-electron chi connectivity index (χ1n) is 9.89. The number of anilines is 1. The van der Waals surface area contributed by atoms with Gasteiger partial charge < -0.3 is 4.90 Å². The first-order valence-corrected chi connectivity index (χ1v) is 9.89. The largest absolute Gasteiger partial charge is 0.362 e. The molecule has 3 aromatic carbocycles. The number of para-hydroxylation sites is 1. The van der Waals surface area contributed by atoms with Gasteiger partial charge in [0.1, 0.15) is 11.5 Å². The molecular weight excluding hydrogens is 379 g/mol. The van der Waals surface area contributed by atoms with E-state index in [9.17, 15) is 14.0 Å². The van der Waals surface area contributed by atoms with Gasteiger partial charge in [-0.25, -0.2) is 9.29 Å². The van der Waals surface area contributed by atoms with Crippen LogP contribution in [0.15, 0.2) is 84.6 Å². The predicted octanol–water partition coefficient (Wildman–Crippen LogP) is 4.17. The number of carbonyl (C=O) groups is 2. The van der Waals surface area contributed by atoms with Crippen molar-refractivity contribution in [2.75, 3.05) is 11.4 Å². The van der Waals surface area contributed by atoms with E-state index in [-0.39, 0.29) is 17.6 Å². The fraction of sp³-hybridized carbons (Fsp3) is 0.120. The molecule has 2 aliphatic heterocycles. The average molecular weight is 398 g/mol. The van der Waals surface area contributed by atoms with E-state index in [2.05, 4.69) is 12.1 Å². The van der Waals surface area contributed by atoms with Crippen molar-refractivity contribution in [2.45, 2.75) is 13.0 Å². The van der Waals surface area contributed by atoms with Crippen LogP contribution < -0.4 is 4.90 Å². The molecule has 0 atom stereocenters. The Labute approximate surface area is 173 Å². The number of hydrogen-bond donors (Lipinski definition) is 0. The molecule has 0 saturated heterocycles. The highest BCUT2D eigenvalue weighted by atomic mass is 19.1. The zero-order valence-corrected chi connectivity index (χ0v) is 16.2. The van der Waals surface area contributed by atoms with Gasteiger partial charge in [-0.3, -0.25) is 9.59 Å². The first-order chi connectivity index (χ1) is 14.6. The number of nitrogens with zero attached hydrogens (tertiary/aromatic N) is 2. The summed E-state index contributed by atoms with van der Waals surface area (Å²) in [4.78, 5) is 30.1. The molecule has 2 aliphatic rings. The van der Waals surface area contributed by atoms with Gasteiger partial charge in [0.25, 0.3) is 11.8 Å². The van der Waals surface area contributed by atoms with Gasteiger partial charge in [0.15, 0.2) is 0 Å². The predicted molar refractivity (Wildman–Crippen MR) is 113 cm³/mol. The second-order valence-corrected chi connectivity index (χ2v) is 7.45. The van der Waals surface area contributed by atoms with Crippen LogP contribution in [0.4, 0.5) is 10.1 Å². The van der Waals surface area contributed by atoms with Gasteiger partial charge >= 0.3 is 0 Å². The Hall–Kier alpha value is -3.73. The molecule has 2 heterocycles. The lowest BCUT2D eigenvalue weighted by atomic mass is 9.98. The molecule has 0 spiro atoms. The Balaban J connectivity index is 1.62. The lowest BCUT2D eigenvalue weighted by Crippen LogP contribution is -2.37. The highest BCUT2D eigenvalue weighted by Crippen LogP contribution is 2.36. The zero-order valence-electron chi connectivity index (χ0n) is 16.2. The van der Waals surface area contributed by atoms with Crippen molar-refractivity contribution in [3.8, 4) is 0 Å². The lowest BCUT2D eigenvalue weighted by Gasteiger charge is -2.31. The number of amides is 2. The van der Waals surface area contributed by atoms with E-state index in [0.29, 0.717) is 35.6 Å². The third-order valence-corrected chi connectivity index (χ3v) is 5.65. The highest BCUT2D eigenvalue weighted by Gasteiger charge is 2.42. The Kier molecular flexibility index (Phi) is 4.43. The molecule has 3 aromatic rings. The molecule has 0 fully saturated rings. The van der Waals surface area contributed by atoms with Crippen molar-refractivity contribution in [1.29, 1.82) is 0 Å². The van der Waals surface area contributed by atoms with Crippen LogP contribution in [0.25, 0.3) is 5.57 Å². The fourth-order valence-corrected chi connectivity index (χ4v) is 4.19. The normalized spacial score (nSPS) is 16.3. The van der Waals surface area contributed by atoms with Gasteiger partial charge in [0.2, 0.25) is 0 Å². The third-order valence-electron chi connectivity index (χ3n) is 5.65. The van der Waals surface area contributed by atoms with Gasteiger partial charge in [-0.05, 0) is 47.4 Å². The summed E-state index contributed by atoms with van der Waals surface area (Å²) < 4.78 is 13.5. The maximum atomic E-state index is 13.5. The number of benzene rings is 3. The molecule has 148 valence electrons. The van der Waals surface area contributed by atoms with Crippen LogP contribution in [-0.4, -0.2) is 23.3 Å². The summed E-state index contributed by atoms with van der Waals surface area (Å²) in [7, 11) is 0. The lowest BCUT2D eigenvalue weighted by molar-refractivity contribution is -0.120. The van der Waals surface area contributed by atoms with Gasteiger partial charge in [-0.15, -0.1) is 0 Å². The van der Waals surface area contributed by atoms with Gasteiger partial charge in [0, 0.05) is 13.1 Å². The summed E-state index contributed by atoms with van der Waals surface area (Å²) in [5.74, 6) is -1.11. The van der Waals surface area contributed by atoms with Crippen LogP contribution in [0.5, 0.6) is 0 Å². The number of carbonyl (C=O) groups excluding carboxylic acids is 2. The number of fused-ring (bicyclic) bond motifs is 1. The molecule has 5 heteroatoms. The van der Waals surface area contributed by atoms with Crippen molar-refractivity contribution >= 4 is 23.1 Å². The van der Waals surface area contributed by atoms with E-state index < -0.39 is 0 Å². The quantitative estimate of drug-likeness (QED) is 0.622. The molecule has 0 N–H and O–H groups in total. The van der Waals surface area contributed by atoms with Crippen LogP contribution in [0.1, 0.15) is 16.7 Å². The maximum Gasteiger partial charge on any atom is 0.282 e. The van der Waals surface area contributed by atoms with E-state index in [0.717, 1.165) is 12.0 Å². The average Bonchev–Trinajstić information content (AvgIpc) is 3.04. The van der Waals surface area contributed by atoms with Crippen LogP contribution >= 0.6 is 0 Å². The van der Waals surface area contributed by atoms with Crippen LogP contribution in [0.2, 0.25) is 0 Å². The van der Waals surface area contributed by atoms with Crippen LogP contribution in [-0.2, 0) is 22.6 Å². The molecule has 5 rings (SSSR count). The van der Waals surface area contributed by atoms with Crippen molar-refractivity contribution in [1.82, 2.24) is 4.90 Å². The molecule has 4 nitrogen and oxygen atoms in total. The number of rotatable bonds is 3. The van der Waals surface area contributed by atoms with Gasteiger partial charge in [0.05, 0.1) is 11.3 Å². The van der Waals surface area contributed by atoms with E-state index in [1.54, 1.807) is 36.4 Å². The highest BCUT2D eigenvalue weighted by molar-refractivity contribution is 6.45. The minimum Gasteiger partial charge on any atom is -0.362 e. The van der Waals surface area contributed by atoms with Crippen molar-refractivity contribution < 1.29 is 14.0 Å². The molecule has 0 unspecified atom stereocenters. The maximum absolute atomic E-state index is 13.5. The number of halogens is 1. The molecule has 0 radical (unpaired) electrons. The topological polar surface area (TPSA) is 40.6 Å². The van der Waals surface area contributed by atoms with Crippen LogP contribution in [0, 0.1) is 5.82 Å². The summed E-state index contributed by atoms with van der Waals surface area (Å²) in [6.07, 6.45) is 0.795. The minimum absolute atomic E-state index is 0.322. The van der Waals surface area contributed by atoms with E-state index in [1.165, 1.54) is 22.6 Å². The second-order valence-electron chi connectivity index (χ2n) is 7.45. The summed E-state index contributed by atoms with van der Waals surface area (Å²) in [5.41, 5.74) is 4.18. The van der Waals surface area contributed by atoms with E-state index in [1.807, 2.05) is 23.1 Å². The fourth-order valence-electron chi connectivity index (χ4n) is 4.19. The van der Waals surface area contributed by atoms with Crippen molar-refractivity contribution in [3.05, 3.63) is 107 Å². The monoisotopic (exact) mass is 398 g/mol. The summed E-state index contributed by atoms with van der Waals surface area (Å²) in [6, 6.07) is 22.8. The van der Waals surface area contributed by atoms with Crippen molar-refractivity contribution in [3.63, 3.8) is 0 Å². The molecule has 2 amide bonds. The standard InChI is InChI=1S/C25H19FN2O2/c26-20-12-10-18(11-13-20)22-23(27-15-14-17-6-4-5-7-19(17)16-27)25(30)28(24(22)29)21-8-2-1-3-9-21/h1-13H,14-16H2. The molecule has 0 saturated carbocycles. The number of hydrogen-bond acceptors (Lipinski definition) is 3. The summed E-state index contributed by atoms with van der Waals surface area (Å²) >= 11 is 0. The van der Waals surface area contributed by atoms with E-state index >= 15 is 0 Å². The minimum atomic E-state index is -0.385. The summed E-state index contributed by atoms with van der Waals surface area (Å²) in [6.45, 7) is 1.19. The first kappa shape index (κ1) is 18.3. The Bertz CT molecular complexity index is 1170. The number of imide groups is 1. The van der Waals surface area contributed by atoms with Crippen molar-refractivity contribution in [2.24, 2.45) is 0 Å². The van der Waals surface area contributed by atoms with Gasteiger partial charge in [-0.1, -0.05) is 54.6 Å². The molecule has 30 heavy (non-hydrogen) atoms. The Morgan fingerprint density at radius 3 is 2.13 bits per heavy atom. The smallest absolute Gasteiger partial charge is 0.282 e. The second kappa shape index (κ2) is 7.26. The van der Waals surface area contributed by atoms with E-state index in [4.69, 9.17) is 0 Å². The summed E-state index contributed by atoms with van der Waals surface area (Å²) in [5, 5.41) is 0. The molecule has 0 bridgehead atoms. The van der Waals surface area contributed by atoms with Gasteiger partial charge in [-0.2, -0.15) is 0 Å². The Morgan fingerprint density at radius 1 is 0.733 bits per heavy atom. The molecule has 0 aromatic heterocycles. The zero-order chi connectivity index (χ0) is 20.7.